The molecule has 2 bridgehead atoms. The molecule has 0 aromatic rings. The zero-order chi connectivity index (χ0) is 21.6. The van der Waals surface area contributed by atoms with E-state index in [2.05, 4.69) is 17.7 Å². The van der Waals surface area contributed by atoms with Crippen LogP contribution in [0.4, 0.5) is 9.59 Å². The van der Waals surface area contributed by atoms with Crippen molar-refractivity contribution in [3.63, 3.8) is 0 Å². The molecular weight excluding hydrogens is 380 g/mol. The Morgan fingerprint density at radius 3 is 2.66 bits per heavy atom. The molecule has 0 aromatic carbocycles. The standard InChI is InChI=1S/C19H34N4O6/c1-6-7-10-28-23-14-8-9-15(22(11-14)18(23)26)16(24)21-27-12-13(2)20-17(25)29-19(3,4)5/h13-15H,6-12H2,1-5H3,(H,20,25)(H,21,24)/t13-,14?,15-/m0/s1. The molecule has 1 unspecified atom stereocenters. The minimum Gasteiger partial charge on any atom is -0.444 e. The Labute approximate surface area is 172 Å². The van der Waals surface area contributed by atoms with Crippen molar-refractivity contribution in [3.8, 4) is 0 Å². The van der Waals surface area contributed by atoms with E-state index >= 15 is 0 Å². The van der Waals surface area contributed by atoms with E-state index in [0.717, 1.165) is 12.8 Å². The number of rotatable bonds is 9. The van der Waals surface area contributed by atoms with Gasteiger partial charge < -0.3 is 15.0 Å². The minimum absolute atomic E-state index is 0.0117. The number of nitrogens with one attached hydrogen (secondary N) is 2. The van der Waals surface area contributed by atoms with Crippen LogP contribution in [0.3, 0.4) is 0 Å². The van der Waals surface area contributed by atoms with Gasteiger partial charge in [0.15, 0.2) is 0 Å². The van der Waals surface area contributed by atoms with Crippen LogP contribution in [-0.2, 0) is 19.2 Å². The second-order valence-corrected chi connectivity index (χ2v) is 8.52. The van der Waals surface area contributed by atoms with Crippen molar-refractivity contribution in [1.82, 2.24) is 20.8 Å². The Morgan fingerprint density at radius 2 is 2.00 bits per heavy atom. The highest BCUT2D eigenvalue weighted by Gasteiger charge is 2.47. The second kappa shape index (κ2) is 10.1. The van der Waals surface area contributed by atoms with E-state index in [0.29, 0.717) is 26.0 Å². The number of alkyl carbamates (subject to hydrolysis) is 1. The Morgan fingerprint density at radius 1 is 1.28 bits per heavy atom. The lowest BCUT2D eigenvalue weighted by Gasteiger charge is -2.29. The number of piperidine rings is 1. The van der Waals surface area contributed by atoms with Crippen LogP contribution in [0.25, 0.3) is 0 Å². The molecule has 2 N–H and O–H groups in total. The van der Waals surface area contributed by atoms with Crippen LogP contribution >= 0.6 is 0 Å². The molecule has 0 spiro atoms. The maximum Gasteiger partial charge on any atom is 0.407 e. The Kier molecular flexibility index (Phi) is 8.09. The maximum atomic E-state index is 12.6. The molecule has 2 aliphatic rings. The van der Waals surface area contributed by atoms with Gasteiger partial charge in [0.1, 0.15) is 11.6 Å². The Bertz CT molecular complexity index is 594. The molecule has 10 heteroatoms. The molecule has 4 amide bonds. The molecule has 166 valence electrons. The summed E-state index contributed by atoms with van der Waals surface area (Å²) in [6.45, 7) is 10.2. The van der Waals surface area contributed by atoms with E-state index in [9.17, 15) is 14.4 Å². The van der Waals surface area contributed by atoms with Crippen molar-refractivity contribution in [1.29, 1.82) is 0 Å². The van der Waals surface area contributed by atoms with Gasteiger partial charge in [0.05, 0.1) is 25.3 Å². The Balaban J connectivity index is 1.74. The molecule has 0 radical (unpaired) electrons. The highest BCUT2D eigenvalue weighted by atomic mass is 16.7. The summed E-state index contributed by atoms with van der Waals surface area (Å²) in [5.74, 6) is -0.378. The van der Waals surface area contributed by atoms with E-state index in [-0.39, 0.29) is 30.6 Å². The summed E-state index contributed by atoms with van der Waals surface area (Å²) in [5.41, 5.74) is 1.80. The number of carbonyl (C=O) groups is 3. The number of ether oxygens (including phenoxy) is 1. The SMILES string of the molecule is CCCCON1C(=O)N2CC1CC[C@H]2C(=O)NOC[C@H](C)NC(=O)OC(C)(C)C. The van der Waals surface area contributed by atoms with Crippen molar-refractivity contribution >= 4 is 18.0 Å². The van der Waals surface area contributed by atoms with Gasteiger partial charge in [-0.15, -0.1) is 0 Å². The molecule has 2 rings (SSSR count). The third-order valence-corrected chi connectivity index (χ3v) is 4.62. The number of hydrogen-bond acceptors (Lipinski definition) is 6. The maximum absolute atomic E-state index is 12.6. The molecule has 0 aliphatic carbocycles. The van der Waals surface area contributed by atoms with Crippen molar-refractivity contribution in [3.05, 3.63) is 0 Å². The zero-order valence-electron chi connectivity index (χ0n) is 18.0. The van der Waals surface area contributed by atoms with Crippen LogP contribution in [0.5, 0.6) is 0 Å². The number of hydrogen-bond donors (Lipinski definition) is 2. The molecule has 2 saturated heterocycles. The number of unbranched alkanes of at least 4 members (excludes halogenated alkanes) is 1. The lowest BCUT2D eigenvalue weighted by molar-refractivity contribution is -0.139. The van der Waals surface area contributed by atoms with Crippen LogP contribution in [0, 0.1) is 0 Å². The fourth-order valence-electron chi connectivity index (χ4n) is 3.23. The smallest absolute Gasteiger partial charge is 0.407 e. The summed E-state index contributed by atoms with van der Waals surface area (Å²) in [6.07, 6.45) is 2.56. The fraction of sp³-hybridized carbons (Fsp3) is 0.842. The van der Waals surface area contributed by atoms with E-state index in [1.807, 2.05) is 0 Å². The summed E-state index contributed by atoms with van der Waals surface area (Å²) in [6, 6.07) is -1.24. The van der Waals surface area contributed by atoms with Gasteiger partial charge in [-0.3, -0.25) is 14.5 Å². The largest absolute Gasteiger partial charge is 0.444 e. The number of amides is 4. The van der Waals surface area contributed by atoms with Crippen molar-refractivity contribution in [2.75, 3.05) is 19.8 Å². The van der Waals surface area contributed by atoms with Crippen LogP contribution in [0.2, 0.25) is 0 Å². The highest BCUT2D eigenvalue weighted by molar-refractivity contribution is 5.88. The van der Waals surface area contributed by atoms with Crippen molar-refractivity contribution < 1.29 is 28.8 Å². The fourth-order valence-corrected chi connectivity index (χ4v) is 3.23. The summed E-state index contributed by atoms with van der Waals surface area (Å²) in [7, 11) is 0. The molecule has 10 nitrogen and oxygen atoms in total. The molecule has 0 aromatic heterocycles. The van der Waals surface area contributed by atoms with Gasteiger partial charge >= 0.3 is 12.1 Å². The Hall–Kier alpha value is -2.07. The molecule has 2 aliphatic heterocycles. The van der Waals surface area contributed by atoms with Crippen LogP contribution in [0.15, 0.2) is 0 Å². The predicted molar refractivity (Wildman–Crippen MR) is 105 cm³/mol. The van der Waals surface area contributed by atoms with Crippen LogP contribution < -0.4 is 10.8 Å². The van der Waals surface area contributed by atoms with Gasteiger partial charge in [-0.25, -0.2) is 15.1 Å². The minimum atomic E-state index is -0.590. The van der Waals surface area contributed by atoms with Crippen LogP contribution in [-0.4, -0.2) is 71.5 Å². The normalized spacial score (nSPS) is 22.4. The first-order valence-corrected chi connectivity index (χ1v) is 10.3. The van der Waals surface area contributed by atoms with Gasteiger partial charge in [0.25, 0.3) is 5.91 Å². The molecular formula is C19H34N4O6. The average Bonchev–Trinajstić information content (AvgIpc) is 2.84. The van der Waals surface area contributed by atoms with E-state index < -0.39 is 17.7 Å². The predicted octanol–water partition coefficient (Wildman–Crippen LogP) is 1.95. The first-order valence-electron chi connectivity index (χ1n) is 10.3. The van der Waals surface area contributed by atoms with Gasteiger partial charge in [-0.2, -0.15) is 5.06 Å². The average molecular weight is 415 g/mol. The number of nitrogens with zero attached hydrogens (tertiary/aromatic N) is 2. The lowest BCUT2D eigenvalue weighted by atomic mass is 10.0. The number of fused-ring (bicyclic) bond motifs is 2. The number of hydroxylamine groups is 3. The molecule has 0 saturated carbocycles. The zero-order valence-corrected chi connectivity index (χ0v) is 18.0. The van der Waals surface area contributed by atoms with E-state index in [1.54, 1.807) is 27.7 Å². The topological polar surface area (TPSA) is 109 Å². The van der Waals surface area contributed by atoms with E-state index in [4.69, 9.17) is 14.4 Å². The molecule has 2 fully saturated rings. The third kappa shape index (κ3) is 6.74. The second-order valence-electron chi connectivity index (χ2n) is 8.52. The van der Waals surface area contributed by atoms with E-state index in [1.165, 1.54) is 9.96 Å². The summed E-state index contributed by atoms with van der Waals surface area (Å²) in [4.78, 5) is 49.1. The van der Waals surface area contributed by atoms with Crippen LogP contribution in [0.1, 0.15) is 60.3 Å². The quantitative estimate of drug-likeness (QED) is 0.441. The monoisotopic (exact) mass is 414 g/mol. The van der Waals surface area contributed by atoms with Gasteiger partial charge in [0, 0.05) is 6.54 Å². The van der Waals surface area contributed by atoms with Crippen molar-refractivity contribution in [2.45, 2.75) is 84.0 Å². The first-order chi connectivity index (χ1) is 13.6. The number of urea groups is 1. The summed E-state index contributed by atoms with van der Waals surface area (Å²) < 4.78 is 5.17. The first kappa shape index (κ1) is 23.2. The van der Waals surface area contributed by atoms with Gasteiger partial charge in [-0.05, 0) is 47.0 Å². The summed E-state index contributed by atoms with van der Waals surface area (Å²) in [5, 5.41) is 4.04. The molecule has 2 heterocycles. The molecule has 29 heavy (non-hydrogen) atoms. The molecule has 3 atom stereocenters. The summed E-state index contributed by atoms with van der Waals surface area (Å²) >= 11 is 0. The van der Waals surface area contributed by atoms with Crippen molar-refractivity contribution in [2.24, 2.45) is 0 Å². The lowest BCUT2D eigenvalue weighted by Crippen LogP contribution is -2.50. The van der Waals surface area contributed by atoms with Gasteiger partial charge in [-0.1, -0.05) is 13.3 Å². The van der Waals surface area contributed by atoms with Gasteiger partial charge in [0.2, 0.25) is 0 Å². The number of carbonyl (C=O) groups excluding carboxylic acids is 3. The third-order valence-electron chi connectivity index (χ3n) is 4.62. The highest BCUT2D eigenvalue weighted by Crippen LogP contribution is 2.30.